The van der Waals surface area contributed by atoms with Gasteiger partial charge in [0.2, 0.25) is 6.79 Å². The van der Waals surface area contributed by atoms with Gasteiger partial charge in [-0.1, -0.05) is 11.6 Å². The summed E-state index contributed by atoms with van der Waals surface area (Å²) >= 11 is 5.99. The van der Waals surface area contributed by atoms with Gasteiger partial charge in [0.1, 0.15) is 12.3 Å². The van der Waals surface area contributed by atoms with Gasteiger partial charge < -0.3 is 24.0 Å². The van der Waals surface area contributed by atoms with Gasteiger partial charge in [0.25, 0.3) is 5.91 Å². The second-order valence-electron chi connectivity index (χ2n) is 7.61. The van der Waals surface area contributed by atoms with Crippen molar-refractivity contribution in [3.8, 4) is 17.2 Å². The fourth-order valence-electron chi connectivity index (χ4n) is 3.80. The average molecular weight is 418 g/mol. The van der Waals surface area contributed by atoms with Gasteiger partial charge in [-0.15, -0.1) is 0 Å². The number of aryl methyl sites for hydroxylation is 1. The Bertz CT molecular complexity index is 896. The number of quaternary nitrogens is 1. The van der Waals surface area contributed by atoms with Crippen LogP contribution in [0.3, 0.4) is 0 Å². The Labute approximate surface area is 175 Å². The first-order valence-corrected chi connectivity index (χ1v) is 10.3. The van der Waals surface area contributed by atoms with Crippen molar-refractivity contribution in [2.45, 2.75) is 26.5 Å². The number of nitrogens with one attached hydrogen (secondary N) is 1. The molecule has 7 heteroatoms. The fourth-order valence-corrected chi connectivity index (χ4v) is 4.03. The van der Waals surface area contributed by atoms with Crippen LogP contribution < -0.4 is 19.1 Å². The monoisotopic (exact) mass is 417 g/mol. The zero-order valence-corrected chi connectivity index (χ0v) is 17.5. The second kappa shape index (κ2) is 8.51. The van der Waals surface area contributed by atoms with Crippen LogP contribution >= 0.6 is 11.6 Å². The minimum Gasteiger partial charge on any atom is -0.481 e. The molecule has 29 heavy (non-hydrogen) atoms. The third-order valence-electron chi connectivity index (χ3n) is 5.46. The summed E-state index contributed by atoms with van der Waals surface area (Å²) in [5.74, 6) is 2.35. The lowest BCUT2D eigenvalue weighted by molar-refractivity contribution is -0.917. The molecular formula is C22H26ClN2O4+. The molecule has 0 bridgehead atoms. The van der Waals surface area contributed by atoms with Crippen LogP contribution in [0, 0.1) is 6.92 Å². The van der Waals surface area contributed by atoms with E-state index in [4.69, 9.17) is 25.8 Å². The number of halogens is 1. The topological polar surface area (TPSA) is 52.4 Å². The Hall–Kier alpha value is -2.44. The smallest absolute Gasteiger partial charge is 0.263 e. The van der Waals surface area contributed by atoms with Crippen molar-refractivity contribution in [2.75, 3.05) is 33.0 Å². The molecule has 0 unspecified atom stereocenters. The quantitative estimate of drug-likeness (QED) is 0.809. The van der Waals surface area contributed by atoms with Crippen molar-refractivity contribution >= 4 is 17.5 Å². The van der Waals surface area contributed by atoms with Crippen LogP contribution in [-0.4, -0.2) is 49.9 Å². The van der Waals surface area contributed by atoms with E-state index in [0.29, 0.717) is 17.6 Å². The van der Waals surface area contributed by atoms with Crippen molar-refractivity contribution in [2.24, 2.45) is 0 Å². The van der Waals surface area contributed by atoms with E-state index in [1.54, 1.807) is 6.07 Å². The Morgan fingerprint density at radius 2 is 1.93 bits per heavy atom. The van der Waals surface area contributed by atoms with E-state index in [0.717, 1.165) is 49.8 Å². The number of ether oxygens (including phenoxy) is 3. The van der Waals surface area contributed by atoms with Gasteiger partial charge in [0, 0.05) is 10.6 Å². The summed E-state index contributed by atoms with van der Waals surface area (Å²) in [4.78, 5) is 16.2. The molecule has 2 aromatic rings. The summed E-state index contributed by atoms with van der Waals surface area (Å²) in [5, 5.41) is 0.662. The van der Waals surface area contributed by atoms with Gasteiger partial charge in [0.05, 0.1) is 26.2 Å². The number of hydrogen-bond acceptors (Lipinski definition) is 4. The Morgan fingerprint density at radius 1 is 1.17 bits per heavy atom. The van der Waals surface area contributed by atoms with Crippen molar-refractivity contribution in [1.29, 1.82) is 0 Å². The van der Waals surface area contributed by atoms with Crippen LogP contribution in [-0.2, 0) is 11.3 Å². The van der Waals surface area contributed by atoms with E-state index in [-0.39, 0.29) is 5.91 Å². The number of rotatable bonds is 5. The minimum absolute atomic E-state index is 0.0291. The van der Waals surface area contributed by atoms with E-state index < -0.39 is 6.10 Å². The van der Waals surface area contributed by atoms with Crippen LogP contribution in [0.5, 0.6) is 17.2 Å². The lowest BCUT2D eigenvalue weighted by Crippen LogP contribution is -3.13. The third kappa shape index (κ3) is 4.60. The molecule has 2 heterocycles. The molecule has 0 radical (unpaired) electrons. The van der Waals surface area contributed by atoms with Gasteiger partial charge in [-0.25, -0.2) is 0 Å². The van der Waals surface area contributed by atoms with Crippen molar-refractivity contribution in [3.05, 3.63) is 52.5 Å². The highest BCUT2D eigenvalue weighted by atomic mass is 35.5. The van der Waals surface area contributed by atoms with Gasteiger partial charge in [0.15, 0.2) is 17.6 Å². The first kappa shape index (κ1) is 19.9. The highest BCUT2D eigenvalue weighted by Crippen LogP contribution is 2.32. The SMILES string of the molecule is Cc1cc(Cl)ccc1O[C@H](C)C(=O)N1CC[NH+](Cc2ccc3c(c2)OCO3)CC1. The molecule has 1 N–H and O–H groups in total. The predicted molar refractivity (Wildman–Crippen MR) is 110 cm³/mol. The molecule has 6 nitrogen and oxygen atoms in total. The molecular weight excluding hydrogens is 392 g/mol. The number of carbonyl (C=O) groups excluding carboxylic acids is 1. The minimum atomic E-state index is -0.523. The number of benzene rings is 2. The summed E-state index contributed by atoms with van der Waals surface area (Å²) < 4.78 is 16.7. The van der Waals surface area contributed by atoms with Gasteiger partial charge >= 0.3 is 0 Å². The summed E-state index contributed by atoms with van der Waals surface area (Å²) in [5.41, 5.74) is 2.15. The molecule has 154 valence electrons. The van der Waals surface area contributed by atoms with E-state index in [2.05, 4.69) is 12.1 Å². The average Bonchev–Trinajstić information content (AvgIpc) is 3.18. The highest BCUT2D eigenvalue weighted by molar-refractivity contribution is 6.30. The summed E-state index contributed by atoms with van der Waals surface area (Å²) in [6, 6.07) is 11.5. The summed E-state index contributed by atoms with van der Waals surface area (Å²) in [6.45, 7) is 8.22. The lowest BCUT2D eigenvalue weighted by Gasteiger charge is -2.33. The summed E-state index contributed by atoms with van der Waals surface area (Å²) in [7, 11) is 0. The molecule has 0 spiro atoms. The summed E-state index contributed by atoms with van der Waals surface area (Å²) in [6.07, 6.45) is -0.523. The number of amides is 1. The Morgan fingerprint density at radius 3 is 2.69 bits per heavy atom. The number of carbonyl (C=O) groups is 1. The standard InChI is InChI=1S/C22H25ClN2O4/c1-15-11-18(23)4-6-19(15)29-16(2)22(26)25-9-7-24(8-10-25)13-17-3-5-20-21(12-17)28-14-27-20/h3-6,11-12,16H,7-10,13-14H2,1-2H3/p+1/t16-/m1/s1. The van der Waals surface area contributed by atoms with E-state index in [1.165, 1.54) is 10.5 Å². The fraction of sp³-hybridized carbons (Fsp3) is 0.409. The molecule has 2 aliphatic heterocycles. The third-order valence-corrected chi connectivity index (χ3v) is 5.70. The molecule has 2 aromatic carbocycles. The van der Waals surface area contributed by atoms with E-state index in [9.17, 15) is 4.79 Å². The number of nitrogens with zero attached hydrogens (tertiary/aromatic N) is 1. The normalized spacial score (nSPS) is 17.3. The Kier molecular flexibility index (Phi) is 5.83. The number of fused-ring (bicyclic) bond motifs is 1. The molecule has 1 saturated heterocycles. The van der Waals surface area contributed by atoms with Gasteiger partial charge in [-0.2, -0.15) is 0 Å². The first-order chi connectivity index (χ1) is 14.0. The maximum absolute atomic E-state index is 12.8. The molecule has 0 aromatic heterocycles. The van der Waals surface area contributed by atoms with Gasteiger partial charge in [-0.05, 0) is 55.8 Å². The van der Waals surface area contributed by atoms with Crippen molar-refractivity contribution in [1.82, 2.24) is 4.90 Å². The zero-order valence-electron chi connectivity index (χ0n) is 16.7. The predicted octanol–water partition coefficient (Wildman–Crippen LogP) is 2.07. The van der Waals surface area contributed by atoms with Crippen LogP contribution in [0.25, 0.3) is 0 Å². The molecule has 2 aliphatic rings. The Balaban J connectivity index is 1.29. The maximum Gasteiger partial charge on any atom is 0.263 e. The highest BCUT2D eigenvalue weighted by Gasteiger charge is 2.28. The molecule has 4 rings (SSSR count). The largest absolute Gasteiger partial charge is 0.481 e. The molecule has 1 fully saturated rings. The molecule has 0 saturated carbocycles. The molecule has 1 atom stereocenters. The van der Waals surface area contributed by atoms with Gasteiger partial charge in [-0.3, -0.25) is 4.79 Å². The maximum atomic E-state index is 12.8. The first-order valence-electron chi connectivity index (χ1n) is 9.93. The zero-order chi connectivity index (χ0) is 20.4. The van der Waals surface area contributed by atoms with Crippen LogP contribution in [0.1, 0.15) is 18.1 Å². The van der Waals surface area contributed by atoms with Crippen LogP contribution in [0.15, 0.2) is 36.4 Å². The van der Waals surface area contributed by atoms with Crippen molar-refractivity contribution < 1.29 is 23.9 Å². The van der Waals surface area contributed by atoms with E-state index in [1.807, 2.05) is 36.9 Å². The van der Waals surface area contributed by atoms with Crippen molar-refractivity contribution in [3.63, 3.8) is 0 Å². The number of hydrogen-bond donors (Lipinski definition) is 1. The van der Waals surface area contributed by atoms with Crippen LogP contribution in [0.4, 0.5) is 0 Å². The molecule has 0 aliphatic carbocycles. The molecule has 1 amide bonds. The second-order valence-corrected chi connectivity index (χ2v) is 8.05. The number of piperazine rings is 1. The van der Waals surface area contributed by atoms with E-state index >= 15 is 0 Å². The van der Waals surface area contributed by atoms with Crippen LogP contribution in [0.2, 0.25) is 5.02 Å². The lowest BCUT2D eigenvalue weighted by atomic mass is 10.1.